The predicted octanol–water partition coefficient (Wildman–Crippen LogP) is 12.6. The van der Waals surface area contributed by atoms with E-state index in [1.165, 1.54) is 80.8 Å². The summed E-state index contributed by atoms with van der Waals surface area (Å²) in [6, 6.07) is 71.4. The molecule has 0 saturated heterocycles. The molecule has 3 nitrogen and oxygen atoms in total. The van der Waals surface area contributed by atoms with Crippen molar-refractivity contribution in [2.75, 3.05) is 14.7 Å². The summed E-state index contributed by atoms with van der Waals surface area (Å²) in [5, 5.41) is 1.29. The minimum Gasteiger partial charge on any atom is -0.310 e. The average Bonchev–Trinajstić information content (AvgIpc) is 3.64. The van der Waals surface area contributed by atoms with Gasteiger partial charge in [-0.05, 0) is 101 Å². The van der Waals surface area contributed by atoms with Crippen molar-refractivity contribution in [2.45, 2.75) is 9.79 Å². The first-order valence-corrected chi connectivity index (χ1v) is 20.7. The summed E-state index contributed by atoms with van der Waals surface area (Å²) in [4.78, 5) is 9.93. The summed E-state index contributed by atoms with van der Waals surface area (Å²) in [6.07, 6.45) is 0. The first-order chi connectivity index (χ1) is 27.8. The Morgan fingerprint density at radius 3 is 1.73 bits per heavy atom. The smallest absolute Gasteiger partial charge is 0.264 e. The van der Waals surface area contributed by atoms with Crippen LogP contribution in [0.25, 0.3) is 21.2 Å². The molecular weight excluding hydrogens is 718 g/mol. The second-order valence-corrected chi connectivity index (χ2v) is 16.7. The monoisotopic (exact) mass is 749 g/mol. The standard InChI is InChI=1S/C50H32BN3S2/c1-3-14-33(15-4-1)34-26-28-36(29-27-34)53-42-21-13-22-43-48(42)51(50-49(53)38-18-7-10-23-45(38)56-50)39-31-30-37-32-44(39)54(43)41-20-9-12-25-47(41)55-46-24-11-8-19-40(46)52(37)35-16-5-2-6-17-35/h1-32H. The van der Waals surface area contributed by atoms with Gasteiger partial charge in [0.15, 0.2) is 0 Å². The van der Waals surface area contributed by atoms with Gasteiger partial charge in [-0.2, -0.15) is 0 Å². The SMILES string of the molecule is c1ccc(-c2ccc(N3c4cccc5c4B(c4ccc6cc4N5c4ccccc4Sc4ccccc4N6c4ccccc4)c4sc5ccccc5c43)cc2)cc1. The fourth-order valence-electron chi connectivity index (χ4n) is 9.03. The van der Waals surface area contributed by atoms with Gasteiger partial charge in [0.25, 0.3) is 6.71 Å². The number of rotatable bonds is 3. The lowest BCUT2D eigenvalue weighted by Gasteiger charge is -2.44. The Balaban J connectivity index is 1.14. The summed E-state index contributed by atoms with van der Waals surface area (Å²) >= 11 is 3.78. The van der Waals surface area contributed by atoms with Crippen molar-refractivity contribution in [3.05, 3.63) is 194 Å². The number of nitrogens with zero attached hydrogens (tertiary/aromatic N) is 3. The number of benzene rings is 8. The Hall–Kier alpha value is -6.47. The fourth-order valence-corrected chi connectivity index (χ4v) is 11.4. The van der Waals surface area contributed by atoms with E-state index in [9.17, 15) is 0 Å². The molecule has 0 atom stereocenters. The first-order valence-electron chi connectivity index (χ1n) is 19.1. The van der Waals surface area contributed by atoms with Crippen molar-refractivity contribution in [3.8, 4) is 11.1 Å². The third-order valence-electron chi connectivity index (χ3n) is 11.4. The van der Waals surface area contributed by atoms with Gasteiger partial charge >= 0.3 is 0 Å². The third kappa shape index (κ3) is 4.73. The molecule has 262 valence electrons. The second-order valence-electron chi connectivity index (χ2n) is 14.5. The van der Waals surface area contributed by atoms with E-state index in [0.717, 1.165) is 17.1 Å². The predicted molar refractivity (Wildman–Crippen MR) is 240 cm³/mol. The lowest BCUT2D eigenvalue weighted by Crippen LogP contribution is -2.60. The third-order valence-corrected chi connectivity index (χ3v) is 13.8. The van der Waals surface area contributed by atoms with Crippen LogP contribution in [0, 0.1) is 0 Å². The molecule has 0 saturated carbocycles. The van der Waals surface area contributed by atoms with E-state index < -0.39 is 0 Å². The van der Waals surface area contributed by atoms with Crippen molar-refractivity contribution >= 4 is 107 Å². The van der Waals surface area contributed by atoms with E-state index in [0.29, 0.717) is 0 Å². The summed E-state index contributed by atoms with van der Waals surface area (Å²) in [5.74, 6) is 0. The van der Waals surface area contributed by atoms with Crippen LogP contribution in [0.5, 0.6) is 0 Å². The molecule has 2 bridgehead atoms. The molecule has 6 heteroatoms. The molecular formula is C50H32BN3S2. The lowest BCUT2D eigenvalue weighted by molar-refractivity contribution is 1.19. The maximum Gasteiger partial charge on any atom is 0.264 e. The molecule has 0 aliphatic carbocycles. The zero-order valence-electron chi connectivity index (χ0n) is 30.2. The minimum atomic E-state index is 0.0639. The molecule has 4 heterocycles. The molecule has 0 fully saturated rings. The fraction of sp³-hybridized carbons (Fsp3) is 0. The van der Waals surface area contributed by atoms with Gasteiger partial charge in [-0.15, -0.1) is 11.3 Å². The number of fused-ring (bicyclic) bond motifs is 10. The van der Waals surface area contributed by atoms with E-state index in [2.05, 4.69) is 209 Å². The van der Waals surface area contributed by atoms with Crippen LogP contribution in [0.1, 0.15) is 0 Å². The van der Waals surface area contributed by atoms with Crippen LogP contribution in [-0.2, 0) is 0 Å². The molecule has 1 aromatic heterocycles. The number of thiophene rings is 1. The molecule has 3 aliphatic rings. The summed E-state index contributed by atoms with van der Waals surface area (Å²) in [6.45, 7) is 0.0639. The Morgan fingerprint density at radius 1 is 0.393 bits per heavy atom. The number of hydrogen-bond donors (Lipinski definition) is 0. The van der Waals surface area contributed by atoms with Crippen molar-refractivity contribution in [1.29, 1.82) is 0 Å². The average molecular weight is 750 g/mol. The van der Waals surface area contributed by atoms with Gasteiger partial charge < -0.3 is 14.7 Å². The van der Waals surface area contributed by atoms with Gasteiger partial charge in [0, 0.05) is 58.8 Å². The molecule has 0 N–H and O–H groups in total. The molecule has 3 aliphatic heterocycles. The molecule has 9 aromatic rings. The van der Waals surface area contributed by atoms with Gasteiger partial charge in [-0.25, -0.2) is 0 Å². The van der Waals surface area contributed by atoms with Crippen LogP contribution in [0.15, 0.2) is 204 Å². The van der Waals surface area contributed by atoms with Gasteiger partial charge in [-0.3, -0.25) is 0 Å². The molecule has 12 rings (SSSR count). The van der Waals surface area contributed by atoms with E-state index in [1.54, 1.807) is 0 Å². The van der Waals surface area contributed by atoms with Crippen LogP contribution in [0.4, 0.5) is 51.2 Å². The van der Waals surface area contributed by atoms with E-state index in [-0.39, 0.29) is 6.71 Å². The second kappa shape index (κ2) is 12.5. The molecule has 8 aromatic carbocycles. The highest BCUT2D eigenvalue weighted by Gasteiger charge is 2.45. The molecule has 0 amide bonds. The quantitative estimate of drug-likeness (QED) is 0.166. The highest BCUT2D eigenvalue weighted by Crippen LogP contribution is 2.52. The number of anilines is 9. The molecule has 0 unspecified atom stereocenters. The van der Waals surface area contributed by atoms with Crippen LogP contribution in [-0.4, -0.2) is 6.71 Å². The van der Waals surface area contributed by atoms with Crippen LogP contribution in [0.2, 0.25) is 0 Å². The van der Waals surface area contributed by atoms with Crippen molar-refractivity contribution in [1.82, 2.24) is 0 Å². The van der Waals surface area contributed by atoms with Crippen LogP contribution < -0.4 is 30.4 Å². The first kappa shape index (κ1) is 31.8. The molecule has 0 spiro atoms. The molecule has 56 heavy (non-hydrogen) atoms. The van der Waals surface area contributed by atoms with E-state index in [4.69, 9.17) is 0 Å². The summed E-state index contributed by atoms with van der Waals surface area (Å²) in [7, 11) is 0. The van der Waals surface area contributed by atoms with Crippen LogP contribution in [0.3, 0.4) is 0 Å². The van der Waals surface area contributed by atoms with Gasteiger partial charge in [-0.1, -0.05) is 127 Å². The van der Waals surface area contributed by atoms with E-state index in [1.807, 2.05) is 23.1 Å². The Morgan fingerprint density at radius 2 is 0.964 bits per heavy atom. The Kier molecular flexibility index (Phi) is 7.13. The largest absolute Gasteiger partial charge is 0.310 e. The number of para-hydroxylation sites is 3. The number of hydrogen-bond acceptors (Lipinski definition) is 5. The lowest BCUT2D eigenvalue weighted by atomic mass is 9.36. The zero-order valence-corrected chi connectivity index (χ0v) is 31.8. The zero-order chi connectivity index (χ0) is 36.7. The Labute approximate surface area is 334 Å². The Bertz CT molecular complexity index is 2980. The van der Waals surface area contributed by atoms with Crippen molar-refractivity contribution < 1.29 is 0 Å². The van der Waals surface area contributed by atoms with Gasteiger partial charge in [0.2, 0.25) is 0 Å². The van der Waals surface area contributed by atoms with Gasteiger partial charge in [0.05, 0.1) is 17.1 Å². The topological polar surface area (TPSA) is 9.72 Å². The van der Waals surface area contributed by atoms with Gasteiger partial charge in [0.1, 0.15) is 0 Å². The highest BCUT2D eigenvalue weighted by molar-refractivity contribution is 7.99. The highest BCUT2D eigenvalue weighted by atomic mass is 32.2. The van der Waals surface area contributed by atoms with Crippen molar-refractivity contribution in [3.63, 3.8) is 0 Å². The van der Waals surface area contributed by atoms with E-state index >= 15 is 0 Å². The minimum absolute atomic E-state index is 0.0639. The maximum absolute atomic E-state index is 2.54. The normalized spacial score (nSPS) is 13.5. The molecule has 0 radical (unpaired) electrons. The maximum atomic E-state index is 2.54. The summed E-state index contributed by atoms with van der Waals surface area (Å²) < 4.78 is 2.69. The summed E-state index contributed by atoms with van der Waals surface area (Å²) in [5.41, 5.74) is 15.8. The van der Waals surface area contributed by atoms with Crippen LogP contribution >= 0.6 is 23.1 Å². The van der Waals surface area contributed by atoms with Crippen molar-refractivity contribution in [2.24, 2.45) is 0 Å².